The van der Waals surface area contributed by atoms with Crippen molar-refractivity contribution in [3.05, 3.63) is 77.6 Å². The number of carbonyl (C=O) groups excluding carboxylic acids is 1. The van der Waals surface area contributed by atoms with Gasteiger partial charge < -0.3 is 9.30 Å². The average molecular weight is 344 g/mol. The summed E-state index contributed by atoms with van der Waals surface area (Å²) in [6, 6.07) is 0. The van der Waals surface area contributed by atoms with Gasteiger partial charge in [-0.25, -0.2) is 4.98 Å². The van der Waals surface area contributed by atoms with Crippen molar-refractivity contribution < 1.29 is 9.53 Å². The number of thioether (sulfide) groups is 1. The van der Waals surface area contributed by atoms with E-state index < -0.39 is 6.10 Å². The molecular formula is C19H24N2O2S. The second-order valence-corrected chi connectivity index (χ2v) is 5.92. The third kappa shape index (κ3) is 5.74. The number of carbonyl (C=O) groups is 1. The van der Waals surface area contributed by atoms with E-state index in [4.69, 9.17) is 4.74 Å². The van der Waals surface area contributed by atoms with Crippen LogP contribution in [0.3, 0.4) is 0 Å². The van der Waals surface area contributed by atoms with Gasteiger partial charge in [0.15, 0.2) is 6.10 Å². The number of ether oxygens (including phenoxy) is 1. The van der Waals surface area contributed by atoms with E-state index in [0.717, 1.165) is 16.2 Å². The Bertz CT molecular complexity index is 669. The summed E-state index contributed by atoms with van der Waals surface area (Å²) in [5.41, 5.74) is 1.84. The zero-order chi connectivity index (χ0) is 17.9. The molecule has 0 aliphatic rings. The van der Waals surface area contributed by atoms with Crippen LogP contribution in [-0.4, -0.2) is 15.5 Å². The fourth-order valence-electron chi connectivity index (χ4n) is 2.09. The maximum atomic E-state index is 11.6. The number of esters is 1. The first kappa shape index (κ1) is 19.8. The molecule has 5 heteroatoms. The van der Waals surface area contributed by atoms with Gasteiger partial charge in [0.25, 0.3) is 0 Å². The Labute approximate surface area is 148 Å². The summed E-state index contributed by atoms with van der Waals surface area (Å²) in [6.07, 6.45) is 12.6. The average Bonchev–Trinajstić information content (AvgIpc) is 3.02. The van der Waals surface area contributed by atoms with Crippen molar-refractivity contribution in [3.8, 4) is 0 Å². The van der Waals surface area contributed by atoms with Crippen molar-refractivity contribution in [2.75, 3.05) is 0 Å². The number of aromatic nitrogens is 2. The minimum atomic E-state index is -0.509. The minimum absolute atomic E-state index is 0.342. The first-order valence-electron chi connectivity index (χ1n) is 7.62. The molecule has 1 rings (SSSR count). The maximum Gasteiger partial charge on any atom is 0.303 e. The van der Waals surface area contributed by atoms with E-state index in [9.17, 15) is 4.79 Å². The van der Waals surface area contributed by atoms with Crippen molar-refractivity contribution in [1.82, 2.24) is 9.55 Å². The molecule has 0 aromatic carbocycles. The first-order valence-corrected chi connectivity index (χ1v) is 8.50. The molecule has 0 aliphatic carbocycles. The molecule has 24 heavy (non-hydrogen) atoms. The zero-order valence-corrected chi connectivity index (χ0v) is 15.3. The molecule has 1 unspecified atom stereocenters. The Kier molecular flexibility index (Phi) is 8.65. The van der Waals surface area contributed by atoms with Crippen molar-refractivity contribution in [2.45, 2.75) is 33.4 Å². The highest BCUT2D eigenvalue weighted by Gasteiger charge is 2.23. The largest absolute Gasteiger partial charge is 0.451 e. The van der Waals surface area contributed by atoms with Gasteiger partial charge in [-0.05, 0) is 24.8 Å². The second kappa shape index (κ2) is 10.5. The van der Waals surface area contributed by atoms with Gasteiger partial charge in [-0.1, -0.05) is 55.3 Å². The van der Waals surface area contributed by atoms with Gasteiger partial charge in [-0.2, -0.15) is 0 Å². The van der Waals surface area contributed by atoms with Crippen LogP contribution < -0.4 is 0 Å². The van der Waals surface area contributed by atoms with Crippen LogP contribution in [0.5, 0.6) is 0 Å². The van der Waals surface area contributed by atoms with Gasteiger partial charge in [-0.15, -0.1) is 0 Å². The number of allylic oxidation sites excluding steroid dienone is 6. The second-order valence-electron chi connectivity index (χ2n) is 4.88. The molecule has 0 amide bonds. The Morgan fingerprint density at radius 1 is 1.46 bits per heavy atom. The van der Waals surface area contributed by atoms with E-state index in [2.05, 4.69) is 18.1 Å². The Morgan fingerprint density at radius 2 is 2.21 bits per heavy atom. The fraction of sp³-hybridized carbons (Fsp3) is 0.263. The van der Waals surface area contributed by atoms with Crippen LogP contribution in [-0.2, 0) is 16.1 Å². The lowest BCUT2D eigenvalue weighted by atomic mass is 10.2. The summed E-state index contributed by atoms with van der Waals surface area (Å²) >= 11 is 1.43. The van der Waals surface area contributed by atoms with Gasteiger partial charge in [0.1, 0.15) is 0 Å². The fourth-order valence-corrected chi connectivity index (χ4v) is 2.71. The van der Waals surface area contributed by atoms with E-state index >= 15 is 0 Å². The number of imidazole rings is 1. The molecule has 0 aliphatic heterocycles. The van der Waals surface area contributed by atoms with Gasteiger partial charge in [0, 0.05) is 18.4 Å². The molecule has 1 aromatic rings. The summed E-state index contributed by atoms with van der Waals surface area (Å²) in [5.74, 6) is -0.342. The summed E-state index contributed by atoms with van der Waals surface area (Å²) < 4.78 is 7.50. The third-order valence-corrected chi connectivity index (χ3v) is 4.07. The van der Waals surface area contributed by atoms with E-state index in [1.165, 1.54) is 18.7 Å². The highest BCUT2D eigenvalue weighted by atomic mass is 32.2. The molecule has 0 fully saturated rings. The molecule has 0 N–H and O–H groups in total. The predicted octanol–water partition coefficient (Wildman–Crippen LogP) is 4.96. The highest BCUT2D eigenvalue weighted by molar-refractivity contribution is 8.05. The number of nitrogens with zero attached hydrogens (tertiary/aromatic N) is 2. The topological polar surface area (TPSA) is 44.1 Å². The van der Waals surface area contributed by atoms with Crippen LogP contribution in [0.4, 0.5) is 0 Å². The van der Waals surface area contributed by atoms with Crippen LogP contribution in [0.2, 0.25) is 0 Å². The monoisotopic (exact) mass is 344 g/mol. The van der Waals surface area contributed by atoms with Gasteiger partial charge in [0.2, 0.25) is 0 Å². The molecular weight excluding hydrogens is 320 g/mol. The van der Waals surface area contributed by atoms with Gasteiger partial charge in [-0.3, -0.25) is 4.79 Å². The van der Waals surface area contributed by atoms with Crippen LogP contribution in [0, 0.1) is 0 Å². The lowest BCUT2D eigenvalue weighted by Gasteiger charge is -2.20. The van der Waals surface area contributed by atoms with E-state index in [0.29, 0.717) is 6.54 Å². The van der Waals surface area contributed by atoms with Gasteiger partial charge >= 0.3 is 5.97 Å². The van der Waals surface area contributed by atoms with Crippen molar-refractivity contribution >= 4 is 17.7 Å². The molecule has 0 saturated carbocycles. The smallest absolute Gasteiger partial charge is 0.303 e. The van der Waals surface area contributed by atoms with Crippen molar-refractivity contribution in [2.24, 2.45) is 0 Å². The number of hydrogen-bond donors (Lipinski definition) is 0. The minimum Gasteiger partial charge on any atom is -0.451 e. The van der Waals surface area contributed by atoms with Crippen LogP contribution in [0.15, 0.2) is 71.9 Å². The lowest BCUT2D eigenvalue weighted by molar-refractivity contribution is -0.144. The standard InChI is InChI=1S/C19H24N2O2S/c1-6-10-11-16(7-2)13-21-14-20-12-17(21)19(23-15(5)22)18(8-3)24-9-4/h6-12,14,19H,2,4,13H2,1,3,5H3/b10-6-,16-11+,18-8-. The quantitative estimate of drug-likeness (QED) is 0.469. The Morgan fingerprint density at radius 3 is 2.75 bits per heavy atom. The van der Waals surface area contributed by atoms with Gasteiger partial charge in [0.05, 0.1) is 18.2 Å². The van der Waals surface area contributed by atoms with Crippen LogP contribution >= 0.6 is 11.8 Å². The third-order valence-electron chi connectivity index (χ3n) is 3.18. The molecule has 0 bridgehead atoms. The van der Waals surface area contributed by atoms with E-state index in [1.807, 2.05) is 42.7 Å². The molecule has 1 atom stereocenters. The van der Waals surface area contributed by atoms with Crippen LogP contribution in [0.25, 0.3) is 0 Å². The molecule has 0 spiro atoms. The summed E-state index contributed by atoms with van der Waals surface area (Å²) in [4.78, 5) is 16.7. The summed E-state index contributed by atoms with van der Waals surface area (Å²) in [7, 11) is 0. The SMILES string of the molecule is C=CS/C(=C\C)C(OC(C)=O)c1cncn1C/C(C=C)=C/C=C\C. The maximum absolute atomic E-state index is 11.6. The Balaban J connectivity index is 3.21. The molecule has 128 valence electrons. The zero-order valence-electron chi connectivity index (χ0n) is 14.4. The molecule has 1 heterocycles. The molecule has 0 radical (unpaired) electrons. The molecule has 0 saturated heterocycles. The van der Waals surface area contributed by atoms with E-state index in [-0.39, 0.29) is 5.97 Å². The summed E-state index contributed by atoms with van der Waals surface area (Å²) in [6.45, 7) is 13.5. The predicted molar refractivity (Wildman–Crippen MR) is 101 cm³/mol. The van der Waals surface area contributed by atoms with E-state index in [1.54, 1.807) is 24.0 Å². The van der Waals surface area contributed by atoms with Crippen molar-refractivity contribution in [1.29, 1.82) is 0 Å². The number of hydrogen-bond acceptors (Lipinski definition) is 4. The highest BCUT2D eigenvalue weighted by Crippen LogP contribution is 2.34. The van der Waals surface area contributed by atoms with Crippen LogP contribution in [0.1, 0.15) is 32.6 Å². The lowest BCUT2D eigenvalue weighted by Crippen LogP contribution is -2.15. The number of rotatable bonds is 9. The van der Waals surface area contributed by atoms with Crippen molar-refractivity contribution in [3.63, 3.8) is 0 Å². The summed E-state index contributed by atoms with van der Waals surface area (Å²) in [5, 5.41) is 1.72. The molecule has 1 aromatic heterocycles. The normalized spacial score (nSPS) is 13.8. The first-order chi connectivity index (χ1) is 11.6. The Hall–Kier alpha value is -2.27. The molecule has 4 nitrogen and oxygen atoms in total.